The molecular formula is C18H17N3O4S. The number of methoxy groups -OCH3 is 2. The minimum absolute atomic E-state index is 0.269. The Morgan fingerprint density at radius 1 is 1.12 bits per heavy atom. The summed E-state index contributed by atoms with van der Waals surface area (Å²) in [5.74, 6) is 1.66. The van der Waals surface area contributed by atoms with E-state index in [1.54, 1.807) is 44.6 Å². The SMILES string of the molecule is COc1cc(OC)cc(-c2nc(SCc3ccc(C(=O)O)cc3)n[nH]2)c1. The zero-order valence-electron chi connectivity index (χ0n) is 14.2. The Kier molecular flexibility index (Phi) is 5.43. The van der Waals surface area contributed by atoms with Crippen LogP contribution in [0.4, 0.5) is 0 Å². The standard InChI is InChI=1S/C18H17N3O4S/c1-24-14-7-13(8-15(9-14)25-2)16-19-18(21-20-16)26-10-11-3-5-12(6-4-11)17(22)23/h3-9H,10H2,1-2H3,(H,22,23)(H,19,20,21). The fourth-order valence-electron chi connectivity index (χ4n) is 2.28. The van der Waals surface area contributed by atoms with Gasteiger partial charge in [0.2, 0.25) is 5.16 Å². The van der Waals surface area contributed by atoms with Gasteiger partial charge in [0.05, 0.1) is 19.8 Å². The lowest BCUT2D eigenvalue weighted by Crippen LogP contribution is -1.95. The topological polar surface area (TPSA) is 97.3 Å². The van der Waals surface area contributed by atoms with Crippen molar-refractivity contribution in [1.82, 2.24) is 15.2 Å². The summed E-state index contributed by atoms with van der Waals surface area (Å²) in [4.78, 5) is 15.4. The van der Waals surface area contributed by atoms with Gasteiger partial charge >= 0.3 is 5.97 Å². The molecule has 1 aromatic heterocycles. The molecule has 0 aliphatic rings. The lowest BCUT2D eigenvalue weighted by atomic mass is 10.1. The Hall–Kier alpha value is -3.00. The third-order valence-corrected chi connectivity index (χ3v) is 4.58. The van der Waals surface area contributed by atoms with E-state index in [1.165, 1.54) is 11.8 Å². The van der Waals surface area contributed by atoms with Crippen LogP contribution in [0, 0.1) is 0 Å². The molecule has 0 atom stereocenters. The molecule has 3 aromatic rings. The van der Waals surface area contributed by atoms with E-state index in [4.69, 9.17) is 14.6 Å². The molecule has 0 radical (unpaired) electrons. The number of nitrogens with zero attached hydrogens (tertiary/aromatic N) is 2. The fraction of sp³-hybridized carbons (Fsp3) is 0.167. The second-order valence-electron chi connectivity index (χ2n) is 5.36. The van der Waals surface area contributed by atoms with Gasteiger partial charge in [-0.15, -0.1) is 5.10 Å². The number of carboxylic acid groups (broad SMARTS) is 1. The zero-order valence-corrected chi connectivity index (χ0v) is 15.0. The third kappa shape index (κ3) is 4.15. The molecular weight excluding hydrogens is 354 g/mol. The van der Waals surface area contributed by atoms with Crippen LogP contribution in [0.2, 0.25) is 0 Å². The van der Waals surface area contributed by atoms with Crippen molar-refractivity contribution in [3.05, 3.63) is 53.6 Å². The Morgan fingerprint density at radius 3 is 2.35 bits per heavy atom. The van der Waals surface area contributed by atoms with Gasteiger partial charge in [-0.1, -0.05) is 23.9 Å². The maximum atomic E-state index is 10.9. The molecule has 0 bridgehead atoms. The summed E-state index contributed by atoms with van der Waals surface area (Å²) in [6.07, 6.45) is 0. The van der Waals surface area contributed by atoms with Crippen molar-refractivity contribution in [1.29, 1.82) is 0 Å². The highest BCUT2D eigenvalue weighted by molar-refractivity contribution is 7.98. The van der Waals surface area contributed by atoms with E-state index in [-0.39, 0.29) is 5.56 Å². The van der Waals surface area contributed by atoms with Gasteiger partial charge < -0.3 is 14.6 Å². The van der Waals surface area contributed by atoms with Gasteiger partial charge in [-0.25, -0.2) is 9.78 Å². The van der Waals surface area contributed by atoms with Crippen LogP contribution in [0.5, 0.6) is 11.5 Å². The van der Waals surface area contributed by atoms with Crippen molar-refractivity contribution in [2.24, 2.45) is 0 Å². The minimum Gasteiger partial charge on any atom is -0.497 e. The molecule has 0 amide bonds. The van der Waals surface area contributed by atoms with Crippen LogP contribution in [0.1, 0.15) is 15.9 Å². The highest BCUT2D eigenvalue weighted by atomic mass is 32.2. The van der Waals surface area contributed by atoms with E-state index in [1.807, 2.05) is 12.1 Å². The Morgan fingerprint density at radius 2 is 1.77 bits per heavy atom. The van der Waals surface area contributed by atoms with Gasteiger partial charge in [0, 0.05) is 17.4 Å². The van der Waals surface area contributed by atoms with Crippen molar-refractivity contribution in [3.8, 4) is 22.9 Å². The molecule has 8 heteroatoms. The van der Waals surface area contributed by atoms with E-state index in [0.717, 1.165) is 11.1 Å². The van der Waals surface area contributed by atoms with Crippen LogP contribution in [-0.4, -0.2) is 40.5 Å². The molecule has 0 unspecified atom stereocenters. The summed E-state index contributed by atoms with van der Waals surface area (Å²) in [7, 11) is 3.19. The minimum atomic E-state index is -0.934. The monoisotopic (exact) mass is 371 g/mol. The summed E-state index contributed by atoms with van der Waals surface area (Å²) in [5.41, 5.74) is 2.08. The van der Waals surface area contributed by atoms with E-state index in [0.29, 0.717) is 28.2 Å². The highest BCUT2D eigenvalue weighted by Gasteiger charge is 2.10. The number of carboxylic acids is 1. The van der Waals surface area contributed by atoms with Crippen molar-refractivity contribution < 1.29 is 19.4 Å². The average Bonchev–Trinajstić information content (AvgIpc) is 3.15. The van der Waals surface area contributed by atoms with Gasteiger partial charge in [0.15, 0.2) is 5.82 Å². The summed E-state index contributed by atoms with van der Waals surface area (Å²) in [6.45, 7) is 0. The van der Waals surface area contributed by atoms with Gasteiger partial charge in [0.1, 0.15) is 11.5 Å². The molecule has 7 nitrogen and oxygen atoms in total. The largest absolute Gasteiger partial charge is 0.497 e. The smallest absolute Gasteiger partial charge is 0.335 e. The lowest BCUT2D eigenvalue weighted by molar-refractivity contribution is 0.0697. The van der Waals surface area contributed by atoms with Crippen molar-refractivity contribution in [3.63, 3.8) is 0 Å². The lowest BCUT2D eigenvalue weighted by Gasteiger charge is -2.06. The summed E-state index contributed by atoms with van der Waals surface area (Å²) in [5, 5.41) is 16.7. The number of aromatic nitrogens is 3. The Bertz CT molecular complexity index is 887. The third-order valence-electron chi connectivity index (χ3n) is 3.66. The van der Waals surface area contributed by atoms with Crippen LogP contribution in [0.25, 0.3) is 11.4 Å². The number of thioether (sulfide) groups is 1. The summed E-state index contributed by atoms with van der Waals surface area (Å²) in [6, 6.07) is 12.2. The second kappa shape index (κ2) is 7.92. The number of hydrogen-bond donors (Lipinski definition) is 2. The first-order chi connectivity index (χ1) is 12.6. The summed E-state index contributed by atoms with van der Waals surface area (Å²) < 4.78 is 10.5. The van der Waals surface area contributed by atoms with Gasteiger partial charge in [-0.3, -0.25) is 5.10 Å². The van der Waals surface area contributed by atoms with Crippen LogP contribution in [-0.2, 0) is 5.75 Å². The van der Waals surface area contributed by atoms with Gasteiger partial charge in [0.25, 0.3) is 0 Å². The molecule has 0 fully saturated rings. The number of H-pyrrole nitrogens is 1. The molecule has 1 heterocycles. The maximum Gasteiger partial charge on any atom is 0.335 e. The van der Waals surface area contributed by atoms with E-state index in [9.17, 15) is 4.79 Å². The van der Waals surface area contributed by atoms with Crippen molar-refractivity contribution in [2.75, 3.05) is 14.2 Å². The molecule has 26 heavy (non-hydrogen) atoms. The Labute approximate surface area is 154 Å². The van der Waals surface area contributed by atoms with Crippen molar-refractivity contribution in [2.45, 2.75) is 10.9 Å². The number of ether oxygens (including phenoxy) is 2. The fourth-order valence-corrected chi connectivity index (χ4v) is 3.03. The molecule has 2 aromatic carbocycles. The van der Waals surface area contributed by atoms with Gasteiger partial charge in [-0.2, -0.15) is 0 Å². The first kappa shape index (κ1) is 17.8. The quantitative estimate of drug-likeness (QED) is 0.614. The van der Waals surface area contributed by atoms with E-state index in [2.05, 4.69) is 15.2 Å². The first-order valence-electron chi connectivity index (χ1n) is 7.70. The number of rotatable bonds is 7. The average molecular weight is 371 g/mol. The number of carbonyl (C=O) groups is 1. The summed E-state index contributed by atoms with van der Waals surface area (Å²) >= 11 is 1.46. The number of benzene rings is 2. The predicted molar refractivity (Wildman–Crippen MR) is 97.9 cm³/mol. The molecule has 0 aliphatic heterocycles. The molecule has 0 aliphatic carbocycles. The molecule has 0 saturated heterocycles. The zero-order chi connectivity index (χ0) is 18.5. The van der Waals surface area contributed by atoms with Crippen LogP contribution < -0.4 is 9.47 Å². The molecule has 0 saturated carbocycles. The van der Waals surface area contributed by atoms with Gasteiger partial charge in [-0.05, 0) is 29.8 Å². The molecule has 3 rings (SSSR count). The Balaban J connectivity index is 1.71. The van der Waals surface area contributed by atoms with Crippen LogP contribution >= 0.6 is 11.8 Å². The number of nitrogens with one attached hydrogen (secondary N) is 1. The van der Waals surface area contributed by atoms with E-state index >= 15 is 0 Å². The van der Waals surface area contributed by atoms with Crippen molar-refractivity contribution >= 4 is 17.7 Å². The maximum absolute atomic E-state index is 10.9. The highest BCUT2D eigenvalue weighted by Crippen LogP contribution is 2.29. The number of hydrogen-bond acceptors (Lipinski definition) is 6. The predicted octanol–water partition coefficient (Wildman–Crippen LogP) is 3.48. The van der Waals surface area contributed by atoms with E-state index < -0.39 is 5.97 Å². The molecule has 2 N–H and O–H groups in total. The second-order valence-corrected chi connectivity index (χ2v) is 6.30. The van der Waals surface area contributed by atoms with Crippen LogP contribution in [0.3, 0.4) is 0 Å². The number of aromatic carboxylic acids is 1. The molecule has 134 valence electrons. The first-order valence-corrected chi connectivity index (χ1v) is 8.68. The normalized spacial score (nSPS) is 10.5. The molecule has 0 spiro atoms. The van der Waals surface area contributed by atoms with Crippen LogP contribution in [0.15, 0.2) is 47.6 Å². The number of aromatic amines is 1.